The molecule has 0 aliphatic carbocycles. The Morgan fingerprint density at radius 1 is 1.21 bits per heavy atom. The molecule has 0 aromatic heterocycles. The highest BCUT2D eigenvalue weighted by molar-refractivity contribution is 5.07. The molecule has 0 amide bonds. The zero-order chi connectivity index (χ0) is 13.4. The van der Waals surface area contributed by atoms with Gasteiger partial charge in [-0.2, -0.15) is 0 Å². The third-order valence-corrected chi connectivity index (χ3v) is 5.93. The minimum atomic E-state index is 0.393. The van der Waals surface area contributed by atoms with Crippen LogP contribution in [0.1, 0.15) is 46.0 Å². The molecule has 2 bridgehead atoms. The van der Waals surface area contributed by atoms with Gasteiger partial charge in [0.1, 0.15) is 0 Å². The van der Waals surface area contributed by atoms with E-state index in [1.807, 2.05) is 0 Å². The van der Waals surface area contributed by atoms with E-state index in [1.54, 1.807) is 0 Å². The Hall–Kier alpha value is -0.120. The lowest BCUT2D eigenvalue weighted by Crippen LogP contribution is -2.57. The topological polar surface area (TPSA) is 32.5 Å². The van der Waals surface area contributed by atoms with E-state index in [2.05, 4.69) is 23.6 Å². The van der Waals surface area contributed by atoms with Gasteiger partial charge in [0.15, 0.2) is 0 Å². The Bertz CT molecular complexity index is 298. The Labute approximate surface area is 118 Å². The average Bonchev–Trinajstić information content (AvgIpc) is 2.81. The predicted molar refractivity (Wildman–Crippen MR) is 80.1 cm³/mol. The molecule has 0 saturated carbocycles. The summed E-state index contributed by atoms with van der Waals surface area (Å²) in [6.07, 6.45) is 6.52. The van der Waals surface area contributed by atoms with Crippen molar-refractivity contribution in [1.29, 1.82) is 0 Å². The molecule has 4 aliphatic heterocycles. The first kappa shape index (κ1) is 13.8. The van der Waals surface area contributed by atoms with E-state index in [4.69, 9.17) is 5.73 Å². The summed E-state index contributed by atoms with van der Waals surface area (Å²) >= 11 is 0. The lowest BCUT2D eigenvalue weighted by atomic mass is 9.73. The van der Waals surface area contributed by atoms with E-state index in [1.165, 1.54) is 51.9 Å². The minimum Gasteiger partial charge on any atom is -0.328 e. The highest BCUT2D eigenvalue weighted by atomic mass is 15.3. The standard InChI is InChI=1S/C16H31N3/c1-3-7-19-11-14-12-5-8-18(9-6-12)16(14)15(19)10-13(17)4-2/h12-16H,3-11,17H2,1-2H3. The molecular formula is C16H31N3. The molecule has 0 aromatic carbocycles. The molecule has 4 atom stereocenters. The Morgan fingerprint density at radius 3 is 2.58 bits per heavy atom. The third kappa shape index (κ3) is 2.45. The smallest absolute Gasteiger partial charge is 0.0295 e. The Balaban J connectivity index is 1.77. The molecule has 4 unspecified atom stereocenters. The van der Waals surface area contributed by atoms with Crippen molar-refractivity contribution in [2.24, 2.45) is 17.6 Å². The molecule has 2 N–H and O–H groups in total. The maximum absolute atomic E-state index is 6.29. The second-order valence-corrected chi connectivity index (χ2v) is 6.99. The Kier molecular flexibility index (Phi) is 4.16. The monoisotopic (exact) mass is 265 g/mol. The van der Waals surface area contributed by atoms with Crippen molar-refractivity contribution < 1.29 is 0 Å². The summed E-state index contributed by atoms with van der Waals surface area (Å²) in [7, 11) is 0. The summed E-state index contributed by atoms with van der Waals surface area (Å²) < 4.78 is 0. The van der Waals surface area contributed by atoms with Gasteiger partial charge in [0.2, 0.25) is 0 Å². The van der Waals surface area contributed by atoms with Gasteiger partial charge in [-0.25, -0.2) is 0 Å². The number of nitrogens with two attached hydrogens (primary N) is 1. The molecule has 3 nitrogen and oxygen atoms in total. The van der Waals surface area contributed by atoms with Gasteiger partial charge in [0, 0.05) is 24.7 Å². The quantitative estimate of drug-likeness (QED) is 0.824. The van der Waals surface area contributed by atoms with E-state index in [-0.39, 0.29) is 0 Å². The number of fused-ring (bicyclic) bond motifs is 2. The second-order valence-electron chi connectivity index (χ2n) is 6.99. The lowest BCUT2D eigenvalue weighted by Gasteiger charge is -2.50. The van der Waals surface area contributed by atoms with E-state index in [0.29, 0.717) is 6.04 Å². The van der Waals surface area contributed by atoms with Gasteiger partial charge < -0.3 is 5.73 Å². The zero-order valence-corrected chi connectivity index (χ0v) is 12.7. The summed E-state index contributed by atoms with van der Waals surface area (Å²) in [5, 5.41) is 0. The van der Waals surface area contributed by atoms with Crippen LogP contribution in [-0.2, 0) is 0 Å². The van der Waals surface area contributed by atoms with Gasteiger partial charge >= 0.3 is 0 Å². The molecule has 4 fully saturated rings. The van der Waals surface area contributed by atoms with E-state index < -0.39 is 0 Å². The van der Waals surface area contributed by atoms with Crippen molar-refractivity contribution in [3.63, 3.8) is 0 Å². The number of hydrogen-bond donors (Lipinski definition) is 1. The average molecular weight is 265 g/mol. The molecule has 4 rings (SSSR count). The van der Waals surface area contributed by atoms with Crippen LogP contribution in [0.2, 0.25) is 0 Å². The largest absolute Gasteiger partial charge is 0.328 e. The second kappa shape index (κ2) is 5.71. The van der Waals surface area contributed by atoms with Crippen molar-refractivity contribution in [3.05, 3.63) is 0 Å². The van der Waals surface area contributed by atoms with Crippen molar-refractivity contribution in [1.82, 2.24) is 9.80 Å². The van der Waals surface area contributed by atoms with Crippen LogP contribution in [-0.4, -0.2) is 54.1 Å². The summed E-state index contributed by atoms with van der Waals surface area (Å²) in [5.41, 5.74) is 6.29. The SMILES string of the molecule is CCCN1CC2C3CCN(CC3)C2C1CC(N)CC. The molecule has 4 saturated heterocycles. The molecular weight excluding hydrogens is 234 g/mol. The van der Waals surface area contributed by atoms with Crippen molar-refractivity contribution in [2.45, 2.75) is 64.1 Å². The lowest BCUT2D eigenvalue weighted by molar-refractivity contribution is 0.00135. The zero-order valence-electron chi connectivity index (χ0n) is 12.7. The number of likely N-dealkylation sites (tertiary alicyclic amines) is 1. The van der Waals surface area contributed by atoms with Gasteiger partial charge in [-0.05, 0) is 63.6 Å². The van der Waals surface area contributed by atoms with Crippen LogP contribution in [0.4, 0.5) is 0 Å². The van der Waals surface area contributed by atoms with Crippen LogP contribution in [0.5, 0.6) is 0 Å². The summed E-state index contributed by atoms with van der Waals surface area (Å²) in [4.78, 5) is 5.58. The first-order valence-electron chi connectivity index (χ1n) is 8.48. The maximum atomic E-state index is 6.29. The summed E-state index contributed by atoms with van der Waals surface area (Å²) in [5.74, 6) is 1.96. The van der Waals surface area contributed by atoms with Crippen LogP contribution in [0.15, 0.2) is 0 Å². The molecule has 4 aliphatic rings. The minimum absolute atomic E-state index is 0.393. The van der Waals surface area contributed by atoms with Crippen LogP contribution in [0.3, 0.4) is 0 Å². The van der Waals surface area contributed by atoms with Crippen LogP contribution in [0, 0.1) is 11.8 Å². The van der Waals surface area contributed by atoms with Gasteiger partial charge in [-0.3, -0.25) is 9.80 Å². The van der Waals surface area contributed by atoms with Gasteiger partial charge in [0.25, 0.3) is 0 Å². The third-order valence-electron chi connectivity index (χ3n) is 5.93. The fraction of sp³-hybridized carbons (Fsp3) is 1.00. The molecule has 0 aromatic rings. The van der Waals surface area contributed by atoms with E-state index >= 15 is 0 Å². The van der Waals surface area contributed by atoms with Gasteiger partial charge in [0.05, 0.1) is 0 Å². The van der Waals surface area contributed by atoms with Crippen LogP contribution < -0.4 is 5.73 Å². The number of rotatable bonds is 5. The summed E-state index contributed by atoms with van der Waals surface area (Å²) in [6, 6.07) is 1.96. The molecule has 19 heavy (non-hydrogen) atoms. The number of piperidine rings is 3. The molecule has 0 spiro atoms. The first-order chi connectivity index (χ1) is 9.24. The summed E-state index contributed by atoms with van der Waals surface area (Å²) in [6.45, 7) is 9.87. The highest BCUT2D eigenvalue weighted by Crippen LogP contribution is 2.45. The molecule has 4 heterocycles. The fourth-order valence-corrected chi connectivity index (χ4v) is 4.91. The maximum Gasteiger partial charge on any atom is 0.0295 e. The molecule has 0 radical (unpaired) electrons. The van der Waals surface area contributed by atoms with Crippen LogP contribution >= 0.6 is 0 Å². The first-order valence-corrected chi connectivity index (χ1v) is 8.48. The van der Waals surface area contributed by atoms with Gasteiger partial charge in [-0.1, -0.05) is 13.8 Å². The number of hydrogen-bond acceptors (Lipinski definition) is 3. The highest BCUT2D eigenvalue weighted by Gasteiger charge is 2.51. The molecule has 110 valence electrons. The predicted octanol–water partition coefficient (Wildman–Crippen LogP) is 1.92. The van der Waals surface area contributed by atoms with Crippen LogP contribution in [0.25, 0.3) is 0 Å². The van der Waals surface area contributed by atoms with E-state index in [9.17, 15) is 0 Å². The van der Waals surface area contributed by atoms with Crippen molar-refractivity contribution in [3.8, 4) is 0 Å². The Morgan fingerprint density at radius 2 is 1.95 bits per heavy atom. The van der Waals surface area contributed by atoms with Crippen molar-refractivity contribution >= 4 is 0 Å². The molecule has 3 heteroatoms. The fourth-order valence-electron chi connectivity index (χ4n) is 4.91. The normalized spacial score (nSPS) is 43.4. The van der Waals surface area contributed by atoms with E-state index in [0.717, 1.165) is 30.3 Å². The number of nitrogens with zero attached hydrogens (tertiary/aromatic N) is 2. The van der Waals surface area contributed by atoms with Crippen molar-refractivity contribution in [2.75, 3.05) is 26.2 Å². The van der Waals surface area contributed by atoms with Gasteiger partial charge in [-0.15, -0.1) is 0 Å².